The molecular weight excluding hydrogens is 399 g/mol. The van der Waals surface area contributed by atoms with E-state index in [1.165, 1.54) is 12.1 Å². The number of amides is 2. The van der Waals surface area contributed by atoms with Crippen LogP contribution >= 0.6 is 0 Å². The smallest absolute Gasteiger partial charge is 0.338 e. The van der Waals surface area contributed by atoms with Gasteiger partial charge in [-0.2, -0.15) is 13.2 Å². The van der Waals surface area contributed by atoms with Gasteiger partial charge in [0, 0.05) is 31.7 Å². The Morgan fingerprint density at radius 1 is 1.17 bits per heavy atom. The number of alkyl halides is 3. The van der Waals surface area contributed by atoms with Crippen LogP contribution in [0.15, 0.2) is 30.5 Å². The standard InChI is InChI=1S/C20H24F3N5O2/c1-3-26(4-2)19(30)17-13-28(25-24-17)16-8-10-27(11-9-16)18(29)14-6-5-7-15(12-14)20(21,22)23/h5-7,12-13,16H,3-4,8-11H2,1-2H3. The Morgan fingerprint density at radius 3 is 2.43 bits per heavy atom. The maximum absolute atomic E-state index is 12.9. The van der Waals surface area contributed by atoms with Crippen LogP contribution in [0.4, 0.5) is 13.2 Å². The number of carbonyl (C=O) groups excluding carboxylic acids is 2. The van der Waals surface area contributed by atoms with E-state index in [0.717, 1.165) is 12.1 Å². The largest absolute Gasteiger partial charge is 0.416 e. The van der Waals surface area contributed by atoms with Crippen molar-refractivity contribution in [1.82, 2.24) is 24.8 Å². The van der Waals surface area contributed by atoms with Gasteiger partial charge in [0.1, 0.15) is 0 Å². The first kappa shape index (κ1) is 21.8. The van der Waals surface area contributed by atoms with Gasteiger partial charge in [0.15, 0.2) is 5.69 Å². The van der Waals surface area contributed by atoms with Crippen molar-refractivity contribution in [1.29, 1.82) is 0 Å². The van der Waals surface area contributed by atoms with Crippen molar-refractivity contribution >= 4 is 11.8 Å². The van der Waals surface area contributed by atoms with Gasteiger partial charge < -0.3 is 9.80 Å². The van der Waals surface area contributed by atoms with Gasteiger partial charge in [-0.25, -0.2) is 4.68 Å². The molecule has 0 saturated carbocycles. The monoisotopic (exact) mass is 423 g/mol. The molecule has 0 bridgehead atoms. The van der Waals surface area contributed by atoms with Gasteiger partial charge in [-0.3, -0.25) is 9.59 Å². The van der Waals surface area contributed by atoms with Gasteiger partial charge >= 0.3 is 6.18 Å². The fourth-order valence-corrected chi connectivity index (χ4v) is 3.57. The zero-order chi connectivity index (χ0) is 21.9. The van der Waals surface area contributed by atoms with Crippen molar-refractivity contribution < 1.29 is 22.8 Å². The third-order valence-corrected chi connectivity index (χ3v) is 5.34. The second kappa shape index (κ2) is 8.85. The number of benzene rings is 1. The minimum Gasteiger partial charge on any atom is -0.338 e. The van der Waals surface area contributed by atoms with E-state index in [9.17, 15) is 22.8 Å². The van der Waals surface area contributed by atoms with Gasteiger partial charge in [0.05, 0.1) is 17.8 Å². The molecule has 0 radical (unpaired) electrons. The lowest BCUT2D eigenvalue weighted by Gasteiger charge is -2.32. The van der Waals surface area contributed by atoms with Crippen molar-refractivity contribution in [3.8, 4) is 0 Å². The first-order chi connectivity index (χ1) is 14.2. The lowest BCUT2D eigenvalue weighted by molar-refractivity contribution is -0.137. The number of likely N-dealkylation sites (tertiary alicyclic amines) is 1. The highest BCUT2D eigenvalue weighted by atomic mass is 19.4. The van der Waals surface area contributed by atoms with E-state index >= 15 is 0 Å². The number of hydrogen-bond acceptors (Lipinski definition) is 4. The molecule has 1 aromatic carbocycles. The highest BCUT2D eigenvalue weighted by molar-refractivity contribution is 5.94. The first-order valence-corrected chi connectivity index (χ1v) is 9.92. The van der Waals surface area contributed by atoms with Crippen LogP contribution in [0, 0.1) is 0 Å². The SMILES string of the molecule is CCN(CC)C(=O)c1cn(C2CCN(C(=O)c3cccc(C(F)(F)F)c3)CC2)nn1. The van der Waals surface area contributed by atoms with Gasteiger partial charge in [-0.05, 0) is 44.9 Å². The number of carbonyl (C=O) groups is 2. The summed E-state index contributed by atoms with van der Waals surface area (Å²) in [5.41, 5.74) is -0.534. The molecule has 1 aliphatic heterocycles. The normalized spacial score (nSPS) is 15.3. The number of halogens is 3. The minimum absolute atomic E-state index is 0.0242. The summed E-state index contributed by atoms with van der Waals surface area (Å²) in [5.74, 6) is -0.598. The average molecular weight is 423 g/mol. The van der Waals surface area contributed by atoms with E-state index in [1.807, 2.05) is 13.8 Å². The van der Waals surface area contributed by atoms with Crippen molar-refractivity contribution in [2.24, 2.45) is 0 Å². The molecule has 162 valence electrons. The predicted octanol–water partition coefficient (Wildman–Crippen LogP) is 3.26. The third kappa shape index (κ3) is 4.63. The highest BCUT2D eigenvalue weighted by Crippen LogP contribution is 2.30. The number of hydrogen-bond donors (Lipinski definition) is 0. The Labute approximate surface area is 172 Å². The fourth-order valence-electron chi connectivity index (χ4n) is 3.57. The van der Waals surface area contributed by atoms with E-state index in [2.05, 4.69) is 10.3 Å². The van der Waals surface area contributed by atoms with E-state index in [1.54, 1.807) is 20.7 Å². The van der Waals surface area contributed by atoms with E-state index < -0.39 is 17.6 Å². The Bertz CT molecular complexity index is 900. The van der Waals surface area contributed by atoms with E-state index in [-0.39, 0.29) is 23.2 Å². The van der Waals surface area contributed by atoms with Crippen molar-refractivity contribution in [3.05, 3.63) is 47.3 Å². The summed E-state index contributed by atoms with van der Waals surface area (Å²) in [6.45, 7) is 5.72. The van der Waals surface area contributed by atoms with Crippen LogP contribution in [0.25, 0.3) is 0 Å². The Morgan fingerprint density at radius 2 is 1.83 bits per heavy atom. The van der Waals surface area contributed by atoms with Crippen molar-refractivity contribution in [3.63, 3.8) is 0 Å². The maximum Gasteiger partial charge on any atom is 0.416 e. The van der Waals surface area contributed by atoms with E-state index in [0.29, 0.717) is 39.0 Å². The molecule has 3 rings (SSSR count). The molecule has 1 aliphatic rings. The molecule has 2 heterocycles. The van der Waals surface area contributed by atoms with Crippen molar-refractivity contribution in [2.45, 2.75) is 38.9 Å². The summed E-state index contributed by atoms with van der Waals surface area (Å²) in [7, 11) is 0. The zero-order valence-electron chi connectivity index (χ0n) is 16.9. The molecule has 0 N–H and O–H groups in total. The predicted molar refractivity (Wildman–Crippen MR) is 103 cm³/mol. The van der Waals surface area contributed by atoms with Crippen LogP contribution in [-0.4, -0.2) is 62.8 Å². The Hall–Kier alpha value is -2.91. The molecule has 0 unspecified atom stereocenters. The molecule has 2 aromatic rings. The molecule has 0 aliphatic carbocycles. The second-order valence-electron chi connectivity index (χ2n) is 7.16. The summed E-state index contributed by atoms with van der Waals surface area (Å²) in [5, 5.41) is 8.05. The van der Waals surface area contributed by atoms with Crippen LogP contribution in [0.2, 0.25) is 0 Å². The summed E-state index contributed by atoms with van der Waals surface area (Å²) >= 11 is 0. The summed E-state index contributed by atoms with van der Waals surface area (Å²) in [6, 6.07) is 4.45. The number of aromatic nitrogens is 3. The summed E-state index contributed by atoms with van der Waals surface area (Å²) in [6.07, 6.45) is -1.72. The van der Waals surface area contributed by atoms with Crippen LogP contribution < -0.4 is 0 Å². The van der Waals surface area contributed by atoms with Crippen LogP contribution in [0.5, 0.6) is 0 Å². The number of piperidine rings is 1. The molecule has 1 fully saturated rings. The minimum atomic E-state index is -4.49. The lowest BCUT2D eigenvalue weighted by atomic mass is 10.0. The summed E-state index contributed by atoms with van der Waals surface area (Å²) < 4.78 is 40.3. The summed E-state index contributed by atoms with van der Waals surface area (Å²) in [4.78, 5) is 28.2. The molecule has 2 amide bonds. The van der Waals surface area contributed by atoms with Crippen LogP contribution in [0.3, 0.4) is 0 Å². The first-order valence-electron chi connectivity index (χ1n) is 9.92. The number of nitrogens with zero attached hydrogens (tertiary/aromatic N) is 5. The van der Waals surface area contributed by atoms with Gasteiger partial charge in [0.2, 0.25) is 0 Å². The lowest BCUT2D eigenvalue weighted by Crippen LogP contribution is -2.39. The second-order valence-corrected chi connectivity index (χ2v) is 7.16. The van der Waals surface area contributed by atoms with Gasteiger partial charge in [-0.1, -0.05) is 11.3 Å². The van der Waals surface area contributed by atoms with Gasteiger partial charge in [0.25, 0.3) is 11.8 Å². The van der Waals surface area contributed by atoms with Crippen LogP contribution in [0.1, 0.15) is 59.1 Å². The Kier molecular flexibility index (Phi) is 6.42. The van der Waals surface area contributed by atoms with Crippen molar-refractivity contribution in [2.75, 3.05) is 26.2 Å². The van der Waals surface area contributed by atoms with E-state index in [4.69, 9.17) is 0 Å². The molecule has 7 nitrogen and oxygen atoms in total. The van der Waals surface area contributed by atoms with Gasteiger partial charge in [-0.15, -0.1) is 5.10 Å². The average Bonchev–Trinajstić information content (AvgIpc) is 3.24. The maximum atomic E-state index is 12.9. The fraction of sp³-hybridized carbons (Fsp3) is 0.500. The highest BCUT2D eigenvalue weighted by Gasteiger charge is 2.32. The molecular formula is C20H24F3N5O2. The molecule has 10 heteroatoms. The molecule has 0 atom stereocenters. The third-order valence-electron chi connectivity index (χ3n) is 5.34. The number of rotatable bonds is 5. The molecule has 1 saturated heterocycles. The Balaban J connectivity index is 1.63. The quantitative estimate of drug-likeness (QED) is 0.740. The topological polar surface area (TPSA) is 71.3 Å². The van der Waals surface area contributed by atoms with Crippen LogP contribution in [-0.2, 0) is 6.18 Å². The molecule has 1 aromatic heterocycles. The zero-order valence-corrected chi connectivity index (χ0v) is 16.9. The molecule has 30 heavy (non-hydrogen) atoms. The molecule has 0 spiro atoms.